The van der Waals surface area contributed by atoms with Crippen molar-refractivity contribution >= 4 is 46.3 Å². The summed E-state index contributed by atoms with van der Waals surface area (Å²) in [6, 6.07) is 14.2. The number of methoxy groups -OCH3 is 2. The molecule has 3 aromatic rings. The largest absolute Gasteiger partial charge is 0.507 e. The van der Waals surface area contributed by atoms with Gasteiger partial charge >= 0.3 is 0 Å². The number of nitrogens with zero attached hydrogens (tertiary/aromatic N) is 1. The van der Waals surface area contributed by atoms with Gasteiger partial charge in [0.15, 0.2) is 11.5 Å². The Labute approximate surface area is 204 Å². The number of hydrogen-bond donors (Lipinski definition) is 1. The van der Waals surface area contributed by atoms with Crippen LogP contribution in [0.3, 0.4) is 0 Å². The molecule has 0 bridgehead atoms. The zero-order chi connectivity index (χ0) is 24.6. The van der Waals surface area contributed by atoms with Crippen molar-refractivity contribution in [1.82, 2.24) is 0 Å². The molecule has 9 heteroatoms. The van der Waals surface area contributed by atoms with Crippen LogP contribution in [0.25, 0.3) is 5.76 Å². The summed E-state index contributed by atoms with van der Waals surface area (Å²) in [5.74, 6) is -2.89. The average molecular weight is 502 g/mol. The van der Waals surface area contributed by atoms with Crippen LogP contribution >= 0.6 is 23.2 Å². The van der Waals surface area contributed by atoms with Gasteiger partial charge in [-0.05, 0) is 29.8 Å². The van der Waals surface area contributed by atoms with Gasteiger partial charge in [0.05, 0.1) is 36.4 Å². The van der Waals surface area contributed by atoms with Crippen LogP contribution in [0, 0.1) is 5.82 Å². The van der Waals surface area contributed by atoms with E-state index in [0.717, 1.165) is 11.0 Å². The third kappa shape index (κ3) is 3.87. The van der Waals surface area contributed by atoms with E-state index in [9.17, 15) is 19.1 Å². The quantitative estimate of drug-likeness (QED) is 0.272. The molecule has 1 unspecified atom stereocenters. The lowest BCUT2D eigenvalue weighted by atomic mass is 9.94. The molecule has 174 valence electrons. The summed E-state index contributed by atoms with van der Waals surface area (Å²) in [6.07, 6.45) is 0. The van der Waals surface area contributed by atoms with Crippen LogP contribution in [0.15, 0.2) is 66.2 Å². The third-order valence-corrected chi connectivity index (χ3v) is 6.06. The van der Waals surface area contributed by atoms with Gasteiger partial charge in [-0.15, -0.1) is 0 Å². The number of amides is 1. The zero-order valence-corrected chi connectivity index (χ0v) is 19.5. The Bertz CT molecular complexity index is 1330. The highest BCUT2D eigenvalue weighted by atomic mass is 35.5. The maximum absolute atomic E-state index is 14.0. The van der Waals surface area contributed by atoms with Gasteiger partial charge in [0.2, 0.25) is 0 Å². The van der Waals surface area contributed by atoms with E-state index >= 15 is 0 Å². The van der Waals surface area contributed by atoms with Gasteiger partial charge in [-0.1, -0.05) is 59.6 Å². The van der Waals surface area contributed by atoms with Crippen molar-refractivity contribution in [2.75, 3.05) is 19.1 Å². The van der Waals surface area contributed by atoms with Crippen LogP contribution < -0.4 is 14.4 Å². The molecule has 1 heterocycles. The molecule has 0 radical (unpaired) electrons. The highest BCUT2D eigenvalue weighted by molar-refractivity contribution is 6.52. The molecule has 1 fully saturated rings. The first kappa shape index (κ1) is 23.6. The lowest BCUT2D eigenvalue weighted by Crippen LogP contribution is -2.29. The number of Topliss-reactive ketones (excluding diaryl/α,β-unsaturated/α-hetero) is 1. The van der Waals surface area contributed by atoms with Gasteiger partial charge in [-0.3, -0.25) is 14.5 Å². The van der Waals surface area contributed by atoms with E-state index < -0.39 is 29.3 Å². The molecule has 1 aliphatic rings. The first-order valence-corrected chi connectivity index (χ1v) is 10.8. The minimum Gasteiger partial charge on any atom is -0.507 e. The minimum atomic E-state index is -1.05. The average Bonchev–Trinajstić information content (AvgIpc) is 3.09. The molecule has 0 aliphatic carbocycles. The van der Waals surface area contributed by atoms with Crippen LogP contribution in [-0.4, -0.2) is 31.0 Å². The predicted molar refractivity (Wildman–Crippen MR) is 127 cm³/mol. The zero-order valence-electron chi connectivity index (χ0n) is 18.0. The van der Waals surface area contributed by atoms with Gasteiger partial charge in [-0.25, -0.2) is 4.39 Å². The number of anilines is 1. The van der Waals surface area contributed by atoms with Crippen LogP contribution in [0.1, 0.15) is 17.2 Å². The Morgan fingerprint density at radius 1 is 0.971 bits per heavy atom. The number of benzene rings is 3. The maximum Gasteiger partial charge on any atom is 0.300 e. The number of hydrogen-bond acceptors (Lipinski definition) is 5. The molecule has 0 spiro atoms. The molecular formula is C25H18Cl2FNO5. The van der Waals surface area contributed by atoms with Crippen molar-refractivity contribution in [1.29, 1.82) is 0 Å². The number of ether oxygens (including phenoxy) is 2. The van der Waals surface area contributed by atoms with Gasteiger partial charge in [0, 0.05) is 5.69 Å². The van der Waals surface area contributed by atoms with Crippen molar-refractivity contribution in [2.24, 2.45) is 0 Å². The van der Waals surface area contributed by atoms with Crippen LogP contribution in [-0.2, 0) is 9.59 Å². The summed E-state index contributed by atoms with van der Waals surface area (Å²) in [7, 11) is 2.69. The summed E-state index contributed by atoms with van der Waals surface area (Å²) in [5.41, 5.74) is 0.456. The fourth-order valence-corrected chi connectivity index (χ4v) is 4.65. The molecular weight excluding hydrogens is 484 g/mol. The molecule has 4 rings (SSSR count). The third-order valence-electron chi connectivity index (χ3n) is 5.44. The van der Waals surface area contributed by atoms with Crippen molar-refractivity contribution in [2.45, 2.75) is 6.04 Å². The normalized spacial score (nSPS) is 17.2. The highest BCUT2D eigenvalue weighted by Crippen LogP contribution is 2.48. The fourth-order valence-electron chi connectivity index (χ4n) is 3.97. The summed E-state index contributed by atoms with van der Waals surface area (Å²) in [4.78, 5) is 27.5. The molecule has 1 N–H and O–H groups in total. The Hall–Kier alpha value is -3.55. The van der Waals surface area contributed by atoms with Crippen molar-refractivity contribution in [3.05, 3.63) is 93.2 Å². The summed E-state index contributed by atoms with van der Waals surface area (Å²) in [5, 5.41) is 11.4. The highest BCUT2D eigenvalue weighted by Gasteiger charge is 2.47. The molecule has 1 saturated heterocycles. The molecule has 3 aromatic carbocycles. The van der Waals surface area contributed by atoms with Crippen LogP contribution in [0.4, 0.5) is 10.1 Å². The van der Waals surface area contributed by atoms with E-state index in [1.807, 2.05) is 0 Å². The number of carbonyl (C=O) groups is 2. The molecule has 1 aliphatic heterocycles. The summed E-state index contributed by atoms with van der Waals surface area (Å²) >= 11 is 12.6. The van der Waals surface area contributed by atoms with E-state index in [1.54, 1.807) is 30.3 Å². The van der Waals surface area contributed by atoms with Gasteiger partial charge < -0.3 is 14.6 Å². The van der Waals surface area contributed by atoms with E-state index in [1.165, 1.54) is 38.5 Å². The number of carbonyl (C=O) groups excluding carboxylic acids is 2. The standard InChI is InChI=1S/C25H18Cl2FNO5/c1-33-23-16(12-17(26)24(34-2)19(23)27)21(30)18-20(13-7-4-3-5-8-13)29(25(32)22(18)31)15-10-6-9-14(28)11-15/h3-12,20,30H,1-2H3/b21-18+. The van der Waals surface area contributed by atoms with Crippen LogP contribution in [0.5, 0.6) is 11.5 Å². The number of ketones is 1. The Balaban J connectivity index is 2.01. The smallest absolute Gasteiger partial charge is 0.300 e. The van der Waals surface area contributed by atoms with E-state index in [4.69, 9.17) is 32.7 Å². The monoisotopic (exact) mass is 501 g/mol. The first-order valence-electron chi connectivity index (χ1n) is 10.0. The SMILES string of the molecule is COc1c(Cl)cc(/C(O)=C2\C(=O)C(=O)N(c3cccc(F)c3)C2c2ccccc2)c(OC)c1Cl. The number of aliphatic hydroxyl groups excluding tert-OH is 1. The first-order chi connectivity index (χ1) is 16.3. The van der Waals surface area contributed by atoms with Crippen molar-refractivity contribution < 1.29 is 28.6 Å². The summed E-state index contributed by atoms with van der Waals surface area (Å²) < 4.78 is 24.6. The fraction of sp³-hybridized carbons (Fsp3) is 0.120. The van der Waals surface area contributed by atoms with Crippen molar-refractivity contribution in [3.8, 4) is 11.5 Å². The predicted octanol–water partition coefficient (Wildman–Crippen LogP) is 5.78. The Morgan fingerprint density at radius 2 is 1.65 bits per heavy atom. The summed E-state index contributed by atoms with van der Waals surface area (Å²) in [6.45, 7) is 0. The Morgan fingerprint density at radius 3 is 2.26 bits per heavy atom. The molecule has 1 amide bonds. The molecule has 0 saturated carbocycles. The lowest BCUT2D eigenvalue weighted by molar-refractivity contribution is -0.132. The van der Waals surface area contributed by atoms with Gasteiger partial charge in [0.1, 0.15) is 16.6 Å². The lowest BCUT2D eigenvalue weighted by Gasteiger charge is -2.25. The Kier molecular flexibility index (Phi) is 6.50. The van der Waals surface area contributed by atoms with Gasteiger partial charge in [0.25, 0.3) is 11.7 Å². The minimum absolute atomic E-state index is 0.00327. The number of halogens is 3. The molecule has 0 aromatic heterocycles. The second kappa shape index (κ2) is 9.37. The number of aliphatic hydroxyl groups is 1. The second-order valence-electron chi connectivity index (χ2n) is 7.35. The van der Waals surface area contributed by atoms with Crippen LogP contribution in [0.2, 0.25) is 10.0 Å². The maximum atomic E-state index is 14.0. The molecule has 1 atom stereocenters. The van der Waals surface area contributed by atoms with E-state index in [2.05, 4.69) is 0 Å². The van der Waals surface area contributed by atoms with E-state index in [-0.39, 0.29) is 38.4 Å². The second-order valence-corrected chi connectivity index (χ2v) is 8.13. The van der Waals surface area contributed by atoms with Crippen molar-refractivity contribution in [3.63, 3.8) is 0 Å². The van der Waals surface area contributed by atoms with E-state index in [0.29, 0.717) is 5.56 Å². The van der Waals surface area contributed by atoms with Gasteiger partial charge in [-0.2, -0.15) is 0 Å². The number of rotatable bonds is 5. The topological polar surface area (TPSA) is 76.1 Å². The molecule has 34 heavy (non-hydrogen) atoms. The molecule has 6 nitrogen and oxygen atoms in total.